The molecular formula is C21H24NO2+. The zero-order valence-electron chi connectivity index (χ0n) is 14.0. The Kier molecular flexibility index (Phi) is 5.01. The van der Waals surface area contributed by atoms with E-state index in [1.807, 2.05) is 36.4 Å². The molecule has 3 heteroatoms. The van der Waals surface area contributed by atoms with Crippen molar-refractivity contribution in [3.63, 3.8) is 0 Å². The first-order chi connectivity index (χ1) is 11.7. The number of aliphatic hydroxyl groups excluding tert-OH is 1. The minimum absolute atomic E-state index is 0.176. The third-order valence-corrected chi connectivity index (χ3v) is 4.81. The summed E-state index contributed by atoms with van der Waals surface area (Å²) in [6.07, 6.45) is 0.386. The van der Waals surface area contributed by atoms with Crippen LogP contribution in [-0.2, 0) is 5.60 Å². The van der Waals surface area contributed by atoms with Crippen LogP contribution in [0.2, 0.25) is 0 Å². The van der Waals surface area contributed by atoms with Gasteiger partial charge in [-0.15, -0.1) is 0 Å². The van der Waals surface area contributed by atoms with Gasteiger partial charge in [-0.3, -0.25) is 0 Å². The molecule has 1 aliphatic carbocycles. The lowest BCUT2D eigenvalue weighted by molar-refractivity contribution is -0.891. The number of likely N-dealkylation sites (N-methyl/N-ethyl adjacent to an activating group) is 1. The van der Waals surface area contributed by atoms with Gasteiger partial charge in [0.15, 0.2) is 0 Å². The second-order valence-corrected chi connectivity index (χ2v) is 6.24. The average molecular weight is 322 g/mol. The number of hydrogen-bond donors (Lipinski definition) is 3. The fraction of sp³-hybridized carbons (Fsp3) is 0.333. The highest BCUT2D eigenvalue weighted by molar-refractivity contribution is 5.80. The molecule has 1 unspecified atom stereocenters. The van der Waals surface area contributed by atoms with Crippen molar-refractivity contribution < 1.29 is 15.1 Å². The van der Waals surface area contributed by atoms with Crippen LogP contribution in [0.4, 0.5) is 0 Å². The largest absolute Gasteiger partial charge is 0.391 e. The molecular weight excluding hydrogens is 298 g/mol. The molecule has 1 atom stereocenters. The number of aliphatic hydroxyl groups is 2. The summed E-state index contributed by atoms with van der Waals surface area (Å²) in [6, 6.07) is 16.0. The lowest BCUT2D eigenvalue weighted by Crippen LogP contribution is -3.12. The predicted octanol–water partition coefficient (Wildman–Crippen LogP) is 1.19. The van der Waals surface area contributed by atoms with Crippen molar-refractivity contribution in [2.75, 3.05) is 26.2 Å². The predicted molar refractivity (Wildman–Crippen MR) is 95.6 cm³/mol. The van der Waals surface area contributed by atoms with Gasteiger partial charge < -0.3 is 15.1 Å². The molecule has 0 spiro atoms. The van der Waals surface area contributed by atoms with E-state index < -0.39 is 5.60 Å². The van der Waals surface area contributed by atoms with Crippen LogP contribution in [0.15, 0.2) is 48.5 Å². The molecule has 3 nitrogen and oxygen atoms in total. The van der Waals surface area contributed by atoms with Crippen molar-refractivity contribution in [1.29, 1.82) is 0 Å². The van der Waals surface area contributed by atoms with Gasteiger partial charge in [0.2, 0.25) is 0 Å². The van der Waals surface area contributed by atoms with Crippen LogP contribution < -0.4 is 4.90 Å². The Bertz CT molecular complexity index is 727. The number of rotatable bonds is 5. The molecule has 0 radical (unpaired) electrons. The van der Waals surface area contributed by atoms with Gasteiger partial charge in [-0.2, -0.15) is 0 Å². The topological polar surface area (TPSA) is 44.9 Å². The molecule has 1 aliphatic rings. The molecule has 0 amide bonds. The van der Waals surface area contributed by atoms with Gasteiger partial charge in [-0.05, 0) is 35.1 Å². The normalized spacial score (nSPS) is 15.1. The Morgan fingerprint density at radius 3 is 2.08 bits per heavy atom. The maximum Gasteiger partial charge on any atom is 0.139 e. The van der Waals surface area contributed by atoms with Crippen molar-refractivity contribution in [2.45, 2.75) is 18.9 Å². The van der Waals surface area contributed by atoms with Crippen molar-refractivity contribution in [3.05, 3.63) is 59.7 Å². The number of hydrogen-bond acceptors (Lipinski definition) is 2. The summed E-state index contributed by atoms with van der Waals surface area (Å²) < 4.78 is 0. The second-order valence-electron chi connectivity index (χ2n) is 6.24. The maximum atomic E-state index is 11.4. The first-order valence-electron chi connectivity index (χ1n) is 8.52. The molecule has 3 rings (SSSR count). The molecule has 24 heavy (non-hydrogen) atoms. The average Bonchev–Trinajstić information content (AvgIpc) is 2.88. The monoisotopic (exact) mass is 322 g/mol. The summed E-state index contributed by atoms with van der Waals surface area (Å²) in [6.45, 7) is 4.60. The fourth-order valence-corrected chi connectivity index (χ4v) is 3.42. The number of quaternary nitrogens is 1. The molecule has 0 saturated heterocycles. The lowest BCUT2D eigenvalue weighted by Gasteiger charge is -2.23. The van der Waals surface area contributed by atoms with Crippen LogP contribution in [0.5, 0.6) is 0 Å². The van der Waals surface area contributed by atoms with E-state index in [1.54, 1.807) is 0 Å². The minimum atomic E-state index is -1.04. The summed E-state index contributed by atoms with van der Waals surface area (Å²) in [7, 11) is 0. The van der Waals surface area contributed by atoms with Crippen LogP contribution in [0.3, 0.4) is 0 Å². The molecule has 2 aromatic carbocycles. The second kappa shape index (κ2) is 7.19. The summed E-state index contributed by atoms with van der Waals surface area (Å²) in [4.78, 5) is 1.25. The standard InChI is InChI=1S/C21H23NO2/c1-2-22(15-16-23)14-8-7-13-21(24)19-11-5-3-9-17(19)18-10-4-6-12-20(18)21/h3-6,9-12,23-24H,2,13-16H2,1H3/p+1. The van der Waals surface area contributed by atoms with E-state index in [-0.39, 0.29) is 6.61 Å². The van der Waals surface area contributed by atoms with E-state index in [0.717, 1.165) is 28.8 Å². The molecule has 0 heterocycles. The van der Waals surface area contributed by atoms with Crippen molar-refractivity contribution in [3.8, 4) is 23.0 Å². The zero-order valence-corrected chi connectivity index (χ0v) is 14.0. The van der Waals surface area contributed by atoms with Gasteiger partial charge in [0.25, 0.3) is 0 Å². The molecule has 0 saturated carbocycles. The Morgan fingerprint density at radius 1 is 0.958 bits per heavy atom. The minimum Gasteiger partial charge on any atom is -0.391 e. The highest BCUT2D eigenvalue weighted by Crippen LogP contribution is 2.48. The van der Waals surface area contributed by atoms with Crippen LogP contribution in [0.1, 0.15) is 24.5 Å². The lowest BCUT2D eigenvalue weighted by atomic mass is 9.88. The van der Waals surface area contributed by atoms with Gasteiger partial charge in [-0.25, -0.2) is 0 Å². The molecule has 3 N–H and O–H groups in total. The third-order valence-electron chi connectivity index (χ3n) is 4.81. The van der Waals surface area contributed by atoms with Gasteiger partial charge >= 0.3 is 0 Å². The summed E-state index contributed by atoms with van der Waals surface area (Å²) in [5, 5.41) is 20.4. The number of benzene rings is 2. The van der Waals surface area contributed by atoms with E-state index in [2.05, 4.69) is 30.9 Å². The molecule has 0 aliphatic heterocycles. The van der Waals surface area contributed by atoms with Crippen LogP contribution in [-0.4, -0.2) is 36.5 Å². The quantitative estimate of drug-likeness (QED) is 0.724. The van der Waals surface area contributed by atoms with Gasteiger partial charge in [0.1, 0.15) is 18.7 Å². The van der Waals surface area contributed by atoms with Gasteiger partial charge in [0.05, 0.1) is 13.2 Å². The van der Waals surface area contributed by atoms with Crippen molar-refractivity contribution >= 4 is 0 Å². The first kappa shape index (κ1) is 16.7. The summed E-state index contributed by atoms with van der Waals surface area (Å²) >= 11 is 0. The Morgan fingerprint density at radius 2 is 1.54 bits per heavy atom. The smallest absolute Gasteiger partial charge is 0.139 e. The Balaban J connectivity index is 1.85. The van der Waals surface area contributed by atoms with Crippen LogP contribution in [0, 0.1) is 11.8 Å². The first-order valence-corrected chi connectivity index (χ1v) is 8.52. The van der Waals surface area contributed by atoms with E-state index in [9.17, 15) is 5.11 Å². The SMILES string of the molecule is CC[NH+](CC#CCC1(O)c2ccccc2-c2ccccc21)CCO. The molecule has 0 aromatic heterocycles. The molecule has 0 fully saturated rings. The van der Waals surface area contributed by atoms with Crippen molar-refractivity contribution in [1.82, 2.24) is 0 Å². The van der Waals surface area contributed by atoms with E-state index in [4.69, 9.17) is 5.11 Å². The third kappa shape index (κ3) is 2.97. The van der Waals surface area contributed by atoms with Gasteiger partial charge in [0, 0.05) is 6.42 Å². The molecule has 124 valence electrons. The zero-order chi connectivity index (χ0) is 17.0. The van der Waals surface area contributed by atoms with Crippen LogP contribution in [0.25, 0.3) is 11.1 Å². The number of fused-ring (bicyclic) bond motifs is 3. The van der Waals surface area contributed by atoms with Crippen molar-refractivity contribution in [2.24, 2.45) is 0 Å². The van der Waals surface area contributed by atoms with E-state index in [0.29, 0.717) is 19.5 Å². The van der Waals surface area contributed by atoms with Gasteiger partial charge in [-0.1, -0.05) is 54.5 Å². The fourth-order valence-electron chi connectivity index (χ4n) is 3.42. The Hall–Kier alpha value is -2.12. The number of nitrogens with one attached hydrogen (secondary N) is 1. The maximum absolute atomic E-state index is 11.4. The van der Waals surface area contributed by atoms with E-state index in [1.165, 1.54) is 4.90 Å². The Labute approximate surface area is 143 Å². The summed E-state index contributed by atoms with van der Waals surface area (Å²) in [5.74, 6) is 6.35. The molecule has 0 bridgehead atoms. The highest BCUT2D eigenvalue weighted by atomic mass is 16.3. The van der Waals surface area contributed by atoms with Crippen LogP contribution >= 0.6 is 0 Å². The molecule has 2 aromatic rings. The van der Waals surface area contributed by atoms with E-state index >= 15 is 0 Å². The summed E-state index contributed by atoms with van der Waals surface area (Å²) in [5.41, 5.74) is 3.03. The highest BCUT2D eigenvalue weighted by Gasteiger charge is 2.40.